The first-order valence-corrected chi connectivity index (χ1v) is 8.11. The van der Waals surface area contributed by atoms with Crippen LogP contribution >= 0.6 is 11.3 Å². The standard InChI is InChI=1S/C17H20N2O3S/c1-5-22-17(21)13-11(4)14(23-15(13)18)16(20)19-12-8-9(2)6-7-10(12)3/h6-8H,5,18H2,1-4H3,(H,19,20). The Balaban J connectivity index is 2.32. The SMILES string of the molecule is CCOC(=O)c1c(N)sc(C(=O)Nc2cc(C)ccc2C)c1C. The molecule has 0 saturated heterocycles. The van der Waals surface area contributed by atoms with E-state index in [1.807, 2.05) is 32.0 Å². The van der Waals surface area contributed by atoms with Gasteiger partial charge in [0.15, 0.2) is 0 Å². The Kier molecular flexibility index (Phi) is 5.05. The Morgan fingerprint density at radius 3 is 2.61 bits per heavy atom. The molecule has 1 amide bonds. The van der Waals surface area contributed by atoms with Crippen LogP contribution in [0.5, 0.6) is 0 Å². The molecule has 0 saturated carbocycles. The molecular weight excluding hydrogens is 312 g/mol. The van der Waals surface area contributed by atoms with Gasteiger partial charge in [-0.1, -0.05) is 12.1 Å². The molecule has 0 bridgehead atoms. The zero-order chi connectivity index (χ0) is 17.1. The van der Waals surface area contributed by atoms with E-state index in [0.29, 0.717) is 15.4 Å². The summed E-state index contributed by atoms with van der Waals surface area (Å²) in [7, 11) is 0. The van der Waals surface area contributed by atoms with Crippen molar-refractivity contribution in [1.29, 1.82) is 0 Å². The number of anilines is 2. The van der Waals surface area contributed by atoms with Crippen molar-refractivity contribution in [3.63, 3.8) is 0 Å². The number of esters is 1. The van der Waals surface area contributed by atoms with E-state index in [-0.39, 0.29) is 18.1 Å². The fraction of sp³-hybridized carbons (Fsp3) is 0.294. The second-order valence-electron chi connectivity index (χ2n) is 5.29. The van der Waals surface area contributed by atoms with Gasteiger partial charge in [0, 0.05) is 5.69 Å². The number of nitrogens with two attached hydrogens (primary N) is 1. The molecule has 1 heterocycles. The first kappa shape index (κ1) is 17.0. The van der Waals surface area contributed by atoms with Crippen LogP contribution in [0.4, 0.5) is 10.7 Å². The van der Waals surface area contributed by atoms with E-state index in [1.165, 1.54) is 0 Å². The maximum atomic E-state index is 12.5. The lowest BCUT2D eigenvalue weighted by atomic mass is 10.1. The normalized spacial score (nSPS) is 10.4. The molecule has 0 spiro atoms. The van der Waals surface area contributed by atoms with Gasteiger partial charge < -0.3 is 15.8 Å². The first-order valence-electron chi connectivity index (χ1n) is 7.29. The predicted molar refractivity (Wildman–Crippen MR) is 93.3 cm³/mol. The topological polar surface area (TPSA) is 81.4 Å². The highest BCUT2D eigenvalue weighted by Gasteiger charge is 2.24. The van der Waals surface area contributed by atoms with Gasteiger partial charge in [-0.15, -0.1) is 11.3 Å². The molecule has 23 heavy (non-hydrogen) atoms. The number of hydrogen-bond donors (Lipinski definition) is 2. The highest BCUT2D eigenvalue weighted by atomic mass is 32.1. The molecule has 1 aromatic heterocycles. The lowest BCUT2D eigenvalue weighted by Crippen LogP contribution is -2.13. The third kappa shape index (κ3) is 3.53. The molecule has 0 radical (unpaired) electrons. The molecule has 0 aliphatic heterocycles. The predicted octanol–water partition coefficient (Wildman–Crippen LogP) is 3.68. The largest absolute Gasteiger partial charge is 0.462 e. The highest BCUT2D eigenvalue weighted by molar-refractivity contribution is 7.18. The summed E-state index contributed by atoms with van der Waals surface area (Å²) in [4.78, 5) is 24.9. The minimum absolute atomic E-state index is 0.261. The van der Waals surface area contributed by atoms with Gasteiger partial charge in [0.1, 0.15) is 5.00 Å². The number of nitrogens with one attached hydrogen (secondary N) is 1. The van der Waals surface area contributed by atoms with E-state index in [1.54, 1.807) is 13.8 Å². The summed E-state index contributed by atoms with van der Waals surface area (Å²) in [6, 6.07) is 5.84. The van der Waals surface area contributed by atoms with Crippen LogP contribution in [0, 0.1) is 20.8 Å². The summed E-state index contributed by atoms with van der Waals surface area (Å²) in [5.74, 6) is -0.770. The van der Waals surface area contributed by atoms with Crippen LogP contribution in [-0.4, -0.2) is 18.5 Å². The lowest BCUT2D eigenvalue weighted by Gasteiger charge is -2.09. The fourth-order valence-corrected chi connectivity index (χ4v) is 3.22. The van der Waals surface area contributed by atoms with Gasteiger partial charge >= 0.3 is 5.97 Å². The van der Waals surface area contributed by atoms with Crippen LogP contribution in [0.1, 0.15) is 43.6 Å². The number of carbonyl (C=O) groups excluding carboxylic acids is 2. The quantitative estimate of drug-likeness (QED) is 0.837. The molecule has 0 aliphatic carbocycles. The average molecular weight is 332 g/mol. The molecule has 0 atom stereocenters. The van der Waals surface area contributed by atoms with Gasteiger partial charge in [-0.2, -0.15) is 0 Å². The van der Waals surface area contributed by atoms with Crippen molar-refractivity contribution in [2.75, 3.05) is 17.7 Å². The maximum absolute atomic E-state index is 12.5. The van der Waals surface area contributed by atoms with Gasteiger partial charge in [-0.05, 0) is 50.5 Å². The Morgan fingerprint density at radius 2 is 1.96 bits per heavy atom. The molecule has 0 aliphatic rings. The number of nitrogen functional groups attached to an aromatic ring is 1. The summed E-state index contributed by atoms with van der Waals surface area (Å²) in [5.41, 5.74) is 9.50. The van der Waals surface area contributed by atoms with E-state index in [0.717, 1.165) is 28.2 Å². The monoisotopic (exact) mass is 332 g/mol. The molecule has 2 aromatic rings. The molecule has 0 fully saturated rings. The smallest absolute Gasteiger partial charge is 0.341 e. The Hall–Kier alpha value is -2.34. The van der Waals surface area contributed by atoms with Gasteiger partial charge in [0.05, 0.1) is 17.0 Å². The number of thiophene rings is 1. The molecule has 122 valence electrons. The summed E-state index contributed by atoms with van der Waals surface area (Å²) in [6.45, 7) is 7.58. The van der Waals surface area contributed by atoms with E-state index >= 15 is 0 Å². The van der Waals surface area contributed by atoms with Crippen molar-refractivity contribution in [2.45, 2.75) is 27.7 Å². The molecule has 3 N–H and O–H groups in total. The Bertz CT molecular complexity index is 765. The van der Waals surface area contributed by atoms with E-state index < -0.39 is 5.97 Å². The number of aryl methyl sites for hydroxylation is 2. The van der Waals surface area contributed by atoms with Crippen molar-refractivity contribution < 1.29 is 14.3 Å². The Morgan fingerprint density at radius 1 is 1.26 bits per heavy atom. The van der Waals surface area contributed by atoms with Crippen LogP contribution < -0.4 is 11.1 Å². The summed E-state index contributed by atoms with van der Waals surface area (Å²) < 4.78 is 4.99. The molecule has 1 aromatic carbocycles. The summed E-state index contributed by atoms with van der Waals surface area (Å²) >= 11 is 1.10. The van der Waals surface area contributed by atoms with Crippen LogP contribution in [0.3, 0.4) is 0 Å². The van der Waals surface area contributed by atoms with E-state index in [2.05, 4.69) is 5.32 Å². The zero-order valence-electron chi connectivity index (χ0n) is 13.6. The van der Waals surface area contributed by atoms with Crippen molar-refractivity contribution >= 4 is 33.9 Å². The molecule has 6 heteroatoms. The lowest BCUT2D eigenvalue weighted by molar-refractivity contribution is 0.0527. The van der Waals surface area contributed by atoms with Crippen molar-refractivity contribution in [3.8, 4) is 0 Å². The number of benzene rings is 1. The number of ether oxygens (including phenoxy) is 1. The van der Waals surface area contributed by atoms with Crippen LogP contribution in [0.15, 0.2) is 18.2 Å². The van der Waals surface area contributed by atoms with E-state index in [4.69, 9.17) is 10.5 Å². The third-order valence-corrected chi connectivity index (χ3v) is 4.62. The third-order valence-electron chi connectivity index (χ3n) is 3.50. The van der Waals surface area contributed by atoms with Crippen molar-refractivity contribution in [2.24, 2.45) is 0 Å². The van der Waals surface area contributed by atoms with Gasteiger partial charge in [0.2, 0.25) is 0 Å². The summed E-state index contributed by atoms with van der Waals surface area (Å²) in [5, 5.41) is 3.18. The zero-order valence-corrected chi connectivity index (χ0v) is 14.5. The number of carbonyl (C=O) groups is 2. The van der Waals surface area contributed by atoms with Crippen LogP contribution in [-0.2, 0) is 4.74 Å². The minimum Gasteiger partial charge on any atom is -0.462 e. The van der Waals surface area contributed by atoms with Crippen LogP contribution in [0.2, 0.25) is 0 Å². The highest BCUT2D eigenvalue weighted by Crippen LogP contribution is 2.32. The van der Waals surface area contributed by atoms with Gasteiger partial charge in [0.25, 0.3) is 5.91 Å². The molecular formula is C17H20N2O3S. The van der Waals surface area contributed by atoms with Crippen molar-refractivity contribution in [3.05, 3.63) is 45.3 Å². The number of rotatable bonds is 4. The summed E-state index contributed by atoms with van der Waals surface area (Å²) in [6.07, 6.45) is 0. The Labute approximate surface area is 139 Å². The average Bonchev–Trinajstić information content (AvgIpc) is 2.78. The molecule has 2 rings (SSSR count). The van der Waals surface area contributed by atoms with E-state index in [9.17, 15) is 9.59 Å². The first-order chi connectivity index (χ1) is 10.8. The van der Waals surface area contributed by atoms with Gasteiger partial charge in [-0.3, -0.25) is 4.79 Å². The second kappa shape index (κ2) is 6.83. The number of hydrogen-bond acceptors (Lipinski definition) is 5. The van der Waals surface area contributed by atoms with Crippen molar-refractivity contribution in [1.82, 2.24) is 0 Å². The number of amides is 1. The second-order valence-corrected chi connectivity index (χ2v) is 6.34. The minimum atomic E-state index is -0.496. The maximum Gasteiger partial charge on any atom is 0.341 e. The molecule has 5 nitrogen and oxygen atoms in total. The van der Waals surface area contributed by atoms with Crippen LogP contribution in [0.25, 0.3) is 0 Å². The molecule has 0 unspecified atom stereocenters. The van der Waals surface area contributed by atoms with Gasteiger partial charge in [-0.25, -0.2) is 4.79 Å². The fourth-order valence-electron chi connectivity index (χ4n) is 2.26.